The van der Waals surface area contributed by atoms with Crippen LogP contribution in [0.25, 0.3) is 0 Å². The summed E-state index contributed by atoms with van der Waals surface area (Å²) in [6, 6.07) is 14.3. The highest BCUT2D eigenvalue weighted by Crippen LogP contribution is 2.30. The van der Waals surface area contributed by atoms with Crippen LogP contribution >= 0.6 is 0 Å². The lowest BCUT2D eigenvalue weighted by molar-refractivity contribution is -0.122. The van der Waals surface area contributed by atoms with Gasteiger partial charge in [-0.3, -0.25) is 9.10 Å². The van der Waals surface area contributed by atoms with Gasteiger partial charge in [-0.05, 0) is 56.4 Å². The van der Waals surface area contributed by atoms with Crippen LogP contribution < -0.4 is 9.62 Å². The Bertz CT molecular complexity index is 923. The van der Waals surface area contributed by atoms with Crippen LogP contribution in [0.4, 0.5) is 5.69 Å². The van der Waals surface area contributed by atoms with Crippen LogP contribution in [0.1, 0.15) is 42.5 Å². The van der Waals surface area contributed by atoms with Crippen LogP contribution in [0.3, 0.4) is 0 Å². The van der Waals surface area contributed by atoms with E-state index in [1.807, 2.05) is 37.3 Å². The Morgan fingerprint density at radius 2 is 1.81 bits per heavy atom. The minimum absolute atomic E-state index is 0.0793. The molecule has 0 radical (unpaired) electrons. The molecule has 0 bridgehead atoms. The number of amides is 1. The van der Waals surface area contributed by atoms with Crippen LogP contribution in [0.2, 0.25) is 0 Å². The molecule has 5 nitrogen and oxygen atoms in total. The van der Waals surface area contributed by atoms with E-state index in [0.29, 0.717) is 5.69 Å². The smallest absolute Gasteiger partial charge is 0.244 e. The van der Waals surface area contributed by atoms with Crippen LogP contribution in [-0.4, -0.2) is 26.6 Å². The maximum absolute atomic E-state index is 12.9. The van der Waals surface area contributed by atoms with Crippen LogP contribution in [-0.2, 0) is 21.2 Å². The van der Waals surface area contributed by atoms with Gasteiger partial charge in [0, 0.05) is 0 Å². The Morgan fingerprint density at radius 1 is 1.15 bits per heavy atom. The molecular formula is C21H26N2O3S. The molecule has 144 valence electrons. The molecule has 2 aromatic carbocycles. The fraction of sp³-hybridized carbons (Fsp3) is 0.381. The third-order valence-electron chi connectivity index (χ3n) is 5.06. The second-order valence-electron chi connectivity index (χ2n) is 7.22. The van der Waals surface area contributed by atoms with Crippen LogP contribution in [0, 0.1) is 6.92 Å². The highest BCUT2D eigenvalue weighted by molar-refractivity contribution is 7.92. The maximum Gasteiger partial charge on any atom is 0.244 e. The molecule has 0 fully saturated rings. The second-order valence-corrected chi connectivity index (χ2v) is 9.08. The molecule has 1 amide bonds. The van der Waals surface area contributed by atoms with Crippen molar-refractivity contribution in [1.29, 1.82) is 0 Å². The average molecular weight is 387 g/mol. The fourth-order valence-corrected chi connectivity index (χ4v) is 4.87. The SMILES string of the molecule is Cc1ccc(N([C@@H](C)C(=O)N[C@@H]2CCCc3ccccc32)S(C)(=O)=O)cc1. The number of hydrogen-bond acceptors (Lipinski definition) is 3. The number of hydrogen-bond donors (Lipinski definition) is 1. The van der Waals surface area contributed by atoms with Gasteiger partial charge in [0.15, 0.2) is 0 Å². The lowest BCUT2D eigenvalue weighted by atomic mass is 9.87. The number of sulfonamides is 1. The van der Waals surface area contributed by atoms with Crippen molar-refractivity contribution >= 4 is 21.6 Å². The highest BCUT2D eigenvalue weighted by Gasteiger charge is 2.31. The van der Waals surface area contributed by atoms with Crippen molar-refractivity contribution in [3.05, 3.63) is 65.2 Å². The molecule has 0 saturated heterocycles. The third kappa shape index (κ3) is 4.33. The number of rotatable bonds is 5. The minimum Gasteiger partial charge on any atom is -0.347 e. The number of fused-ring (bicyclic) bond motifs is 1. The van der Waals surface area contributed by atoms with Gasteiger partial charge in [0.05, 0.1) is 18.0 Å². The normalized spacial score (nSPS) is 17.7. The highest BCUT2D eigenvalue weighted by atomic mass is 32.2. The molecule has 1 N–H and O–H groups in total. The summed E-state index contributed by atoms with van der Waals surface area (Å²) in [6.45, 7) is 3.57. The molecule has 0 saturated carbocycles. The topological polar surface area (TPSA) is 66.5 Å². The number of aryl methyl sites for hydroxylation is 2. The van der Waals surface area contributed by atoms with Crippen molar-refractivity contribution < 1.29 is 13.2 Å². The predicted molar refractivity (Wildman–Crippen MR) is 108 cm³/mol. The first kappa shape index (κ1) is 19.4. The molecule has 0 aromatic heterocycles. The van der Waals surface area contributed by atoms with E-state index in [9.17, 15) is 13.2 Å². The average Bonchev–Trinajstić information content (AvgIpc) is 2.62. The molecule has 3 rings (SSSR count). The monoisotopic (exact) mass is 386 g/mol. The first-order valence-electron chi connectivity index (χ1n) is 9.21. The number of anilines is 1. The summed E-state index contributed by atoms with van der Waals surface area (Å²) in [5.41, 5.74) is 3.91. The van der Waals surface area contributed by atoms with Gasteiger partial charge in [-0.2, -0.15) is 0 Å². The Hall–Kier alpha value is -2.34. The number of carbonyl (C=O) groups excluding carboxylic acids is 1. The number of nitrogens with one attached hydrogen (secondary N) is 1. The van der Waals surface area contributed by atoms with E-state index >= 15 is 0 Å². The van der Waals surface area contributed by atoms with Gasteiger partial charge in [-0.25, -0.2) is 8.42 Å². The predicted octanol–water partition coefficient (Wildman–Crippen LogP) is 3.34. The van der Waals surface area contributed by atoms with E-state index < -0.39 is 16.1 Å². The van der Waals surface area contributed by atoms with Gasteiger partial charge in [-0.15, -0.1) is 0 Å². The van der Waals surface area contributed by atoms with E-state index in [-0.39, 0.29) is 11.9 Å². The van der Waals surface area contributed by atoms with Crippen LogP contribution in [0.15, 0.2) is 48.5 Å². The number of carbonyl (C=O) groups is 1. The molecule has 0 unspecified atom stereocenters. The van der Waals surface area contributed by atoms with Gasteiger partial charge in [-0.1, -0.05) is 42.0 Å². The zero-order valence-electron chi connectivity index (χ0n) is 16.0. The molecule has 0 aliphatic heterocycles. The van der Waals surface area contributed by atoms with Crippen molar-refractivity contribution in [2.75, 3.05) is 10.6 Å². The zero-order valence-corrected chi connectivity index (χ0v) is 16.8. The van der Waals surface area contributed by atoms with E-state index in [4.69, 9.17) is 0 Å². The Kier molecular flexibility index (Phi) is 5.56. The van der Waals surface area contributed by atoms with Gasteiger partial charge in [0.1, 0.15) is 6.04 Å². The molecule has 6 heteroatoms. The largest absolute Gasteiger partial charge is 0.347 e. The zero-order chi connectivity index (χ0) is 19.6. The Labute approximate surface area is 161 Å². The molecule has 2 atom stereocenters. The first-order valence-corrected chi connectivity index (χ1v) is 11.1. The summed E-state index contributed by atoms with van der Waals surface area (Å²) in [5, 5.41) is 3.06. The summed E-state index contributed by atoms with van der Waals surface area (Å²) in [4.78, 5) is 12.9. The van der Waals surface area contributed by atoms with Gasteiger partial charge in [0.2, 0.25) is 15.9 Å². The van der Waals surface area contributed by atoms with E-state index in [0.717, 1.165) is 36.6 Å². The summed E-state index contributed by atoms with van der Waals surface area (Å²) < 4.78 is 26.0. The van der Waals surface area contributed by atoms with E-state index in [1.54, 1.807) is 19.1 Å². The number of benzene rings is 2. The molecule has 27 heavy (non-hydrogen) atoms. The summed E-state index contributed by atoms with van der Waals surface area (Å²) in [7, 11) is -3.60. The first-order chi connectivity index (χ1) is 12.8. The molecule has 0 spiro atoms. The van der Waals surface area contributed by atoms with Crippen molar-refractivity contribution in [3.63, 3.8) is 0 Å². The molecule has 1 aliphatic carbocycles. The lowest BCUT2D eigenvalue weighted by Crippen LogP contribution is -2.49. The summed E-state index contributed by atoms with van der Waals surface area (Å²) in [6.07, 6.45) is 4.01. The van der Waals surface area contributed by atoms with Crippen LogP contribution in [0.5, 0.6) is 0 Å². The maximum atomic E-state index is 12.9. The molecule has 0 heterocycles. The summed E-state index contributed by atoms with van der Waals surface area (Å²) >= 11 is 0. The standard InChI is InChI=1S/C21H26N2O3S/c1-15-11-13-18(14-12-15)23(27(3,25)26)16(2)21(24)22-20-10-6-8-17-7-4-5-9-19(17)20/h4-5,7,9,11-14,16,20H,6,8,10H2,1-3H3,(H,22,24)/t16-,20+/m0/s1. The van der Waals surface area contributed by atoms with E-state index in [1.165, 1.54) is 9.87 Å². The summed E-state index contributed by atoms with van der Waals surface area (Å²) in [5.74, 6) is -0.289. The second kappa shape index (κ2) is 7.72. The van der Waals surface area contributed by atoms with Crippen molar-refractivity contribution in [1.82, 2.24) is 5.32 Å². The van der Waals surface area contributed by atoms with Gasteiger partial charge in [0.25, 0.3) is 0 Å². The molecule has 2 aromatic rings. The quantitative estimate of drug-likeness (QED) is 0.857. The van der Waals surface area contributed by atoms with Crippen molar-refractivity contribution in [3.8, 4) is 0 Å². The third-order valence-corrected chi connectivity index (χ3v) is 6.30. The Morgan fingerprint density at radius 3 is 2.48 bits per heavy atom. The van der Waals surface area contributed by atoms with Gasteiger partial charge >= 0.3 is 0 Å². The minimum atomic E-state index is -3.60. The number of nitrogens with zero attached hydrogens (tertiary/aromatic N) is 1. The van der Waals surface area contributed by atoms with E-state index in [2.05, 4.69) is 11.4 Å². The lowest BCUT2D eigenvalue weighted by Gasteiger charge is -2.31. The molecule has 1 aliphatic rings. The van der Waals surface area contributed by atoms with Crippen molar-refractivity contribution in [2.45, 2.75) is 45.2 Å². The molecular weight excluding hydrogens is 360 g/mol. The van der Waals surface area contributed by atoms with Gasteiger partial charge < -0.3 is 5.32 Å². The van der Waals surface area contributed by atoms with Crippen molar-refractivity contribution in [2.24, 2.45) is 0 Å². The Balaban J connectivity index is 1.84. The fourth-order valence-electron chi connectivity index (χ4n) is 3.70.